The molecule has 19 rings (SSSR count). The summed E-state index contributed by atoms with van der Waals surface area (Å²) in [6, 6.07) is 96.5. The highest BCUT2D eigenvalue weighted by Crippen LogP contribution is 2.68. The summed E-state index contributed by atoms with van der Waals surface area (Å²) in [6.45, 7) is 8.49. The number of carbonyl (C=O) groups is 8. The van der Waals surface area contributed by atoms with Crippen molar-refractivity contribution >= 4 is 110 Å². The van der Waals surface area contributed by atoms with Gasteiger partial charge in [-0.2, -0.15) is 30.7 Å². The van der Waals surface area contributed by atoms with E-state index in [2.05, 4.69) is 285 Å². The van der Waals surface area contributed by atoms with Gasteiger partial charge < -0.3 is 32.6 Å². The number of halogens is 8. The van der Waals surface area contributed by atoms with Crippen molar-refractivity contribution in [2.24, 2.45) is 92.7 Å². The zero-order valence-electron chi connectivity index (χ0n) is 81.1. The molecule has 9 saturated carbocycles. The molecule has 9 aromatic rings. The first-order valence-corrected chi connectivity index (χ1v) is 57.0. The lowest BCUT2D eigenvalue weighted by Crippen LogP contribution is -2.60. The molecule has 35 heteroatoms. The van der Waals surface area contributed by atoms with E-state index in [1.807, 2.05) is 13.8 Å². The number of esters is 4. The molecule has 0 N–H and O–H groups in total. The first kappa shape index (κ1) is 111. The molecule has 9 aliphatic carbocycles. The average molecular weight is 2130 g/mol. The Morgan fingerprint density at radius 3 is 1.27 bits per heavy atom. The van der Waals surface area contributed by atoms with Crippen LogP contribution in [0.4, 0.5) is 35.1 Å². The summed E-state index contributed by atoms with van der Waals surface area (Å²) in [4.78, 5) is 113. The van der Waals surface area contributed by atoms with Gasteiger partial charge in [-0.15, -0.1) is 0 Å². The Bertz CT molecular complexity index is 5840. The molecule has 1 saturated heterocycles. The van der Waals surface area contributed by atoms with Gasteiger partial charge >= 0.3 is 40.6 Å². The smallest absolute Gasteiger partial charge is 0.432 e. The second-order valence-corrected chi connectivity index (χ2v) is 50.6. The quantitative estimate of drug-likeness (QED) is 0.0160. The van der Waals surface area contributed by atoms with Gasteiger partial charge in [0, 0.05) is 73.5 Å². The fraction of sp³-hybridized carbons (Fsp3) is 0.441. The van der Waals surface area contributed by atoms with Crippen LogP contribution in [0.25, 0.3) is 0 Å². The normalized spacial score (nSPS) is 26.9. The van der Waals surface area contributed by atoms with Crippen LogP contribution in [-0.4, -0.2) is 139 Å². The Hall–Kier alpha value is -10.2. The van der Waals surface area contributed by atoms with Crippen LogP contribution in [0.3, 0.4) is 0 Å². The molecule has 0 spiro atoms. The van der Waals surface area contributed by atoms with E-state index in [1.54, 1.807) is 13.8 Å². The Labute approximate surface area is 855 Å². The van der Waals surface area contributed by atoms with Crippen LogP contribution in [0.5, 0.6) is 0 Å². The minimum absolute atomic E-state index is 0.0146. The number of carbonyl (C=O) groups excluding carboxylic acids is 8. The fourth-order valence-corrected chi connectivity index (χ4v) is 32.4. The SMILES string of the molecule is CC(CCC(=O)OC(C(F)(F)F)C(F)(F)S(=O)(=O)[O-])C1CCC2C3C(=O)CC4CC(=O)CCC4(C)C3CC(=O)C12C.CC1(C)C2CCC1(CS(=O)(=O)[O-])C(=O)C2.O=C(OCCC(F)C(F)(F)S(=O)(=O)[O-])C1CCCCC1C(=O)OC1C2CC3C(=O)OC1C3C2.c1ccc([S+](c2ccccc2)c2ccccc2)cc1.c1ccc([S+](c2ccccc2)c2ccccc2)cc1.c1ccc([S+](c2ccccc2)c2ccccc2)cc1. The van der Waals surface area contributed by atoms with Crippen molar-refractivity contribution in [3.8, 4) is 0 Å². The minimum Gasteiger partial charge on any atom is -0.748 e. The van der Waals surface area contributed by atoms with Crippen LogP contribution in [-0.2, 0) is 120 Å². The van der Waals surface area contributed by atoms with E-state index < -0.39 is 143 Å². The third-order valence-corrected chi connectivity index (χ3v) is 41.0. The molecule has 1 heterocycles. The lowest BCUT2D eigenvalue weighted by Gasteiger charge is -2.58. The average Bonchev–Trinajstić information content (AvgIpc) is 0.944. The molecule has 10 aliphatic rings. The van der Waals surface area contributed by atoms with Gasteiger partial charge in [-0.1, -0.05) is 211 Å². The number of alkyl halides is 8. The van der Waals surface area contributed by atoms with Gasteiger partial charge in [0.1, 0.15) is 35.3 Å². The van der Waals surface area contributed by atoms with Gasteiger partial charge in [-0.3, -0.25) is 38.4 Å². The minimum atomic E-state index is -6.79. The summed E-state index contributed by atoms with van der Waals surface area (Å²) in [5.41, 5.74) is -2.47. The molecule has 0 radical (unpaired) electrons. The standard InChI is InChI=1S/C27H35F5O8S.C20H25F3O9S.3C18H15S.C10H16O4S/c1-13(4-7-21(36)40-23(26(28,29)30)27(31,32)41(37,38)39)16-5-6-17-22-18(12-20(35)25(16,17)3)24(2)9-8-15(33)10-14(24)11-19(22)34;21-14(20(22,23)33(27,28)29)5-6-30-17(24)10-3-1-2-4-11(10)18(25)31-15-9-7-12-13(8-9)19(26)32-16(12)15;3*1-4-10-16(11-5-1)19(17-12-6-2-7-13-17)18-14-8-3-9-15-18;1-9(2)7-3-4-10(9,8(11)5-7)6-15(12,13)14/h13-14,16-18,22-23H,4-12H2,1-3H3,(H,37,38,39);9-16H,1-8H2,(H,27,28,29);3*1-15H;7H,3-6H2,1-2H3,(H,12,13,14)/q;;3*+1;/p-3. The second kappa shape index (κ2) is 46.5. The lowest BCUT2D eigenvalue weighted by atomic mass is 9.44. The van der Waals surface area contributed by atoms with Crippen molar-refractivity contribution in [2.75, 3.05) is 12.4 Å². The molecule has 146 heavy (non-hydrogen) atoms. The zero-order valence-corrected chi connectivity index (χ0v) is 86.0. The summed E-state index contributed by atoms with van der Waals surface area (Å²) in [7, 11) is -17.4. The number of Topliss-reactive ketones (excluding diaryl/α,β-unsaturated/α-hetero) is 4. The van der Waals surface area contributed by atoms with E-state index in [1.165, 1.54) is 44.1 Å². The summed E-state index contributed by atoms with van der Waals surface area (Å²) < 4.78 is 223. The third kappa shape index (κ3) is 24.6. The van der Waals surface area contributed by atoms with Gasteiger partial charge in [0.05, 0.1) is 72.9 Å². The Kier molecular flexibility index (Phi) is 35.5. The molecular formula is C111H118F8O21S6. The number of ketones is 4. The molecule has 9 aromatic carbocycles. The zero-order chi connectivity index (χ0) is 105. The maximum Gasteiger partial charge on any atom is 0.432 e. The van der Waals surface area contributed by atoms with E-state index in [9.17, 15) is 112 Å². The molecule has 19 unspecified atom stereocenters. The number of rotatable bonds is 26. The van der Waals surface area contributed by atoms with E-state index in [0.717, 1.165) is 12.8 Å². The van der Waals surface area contributed by atoms with Crippen LogP contribution in [0, 0.1) is 92.7 Å². The molecule has 21 nitrogen and oxygen atoms in total. The maximum absolute atomic E-state index is 13.8. The molecular weight excluding hydrogens is 2010 g/mol. The predicted octanol–water partition coefficient (Wildman–Crippen LogP) is 21.6. The number of ether oxygens (including phenoxy) is 4. The van der Waals surface area contributed by atoms with Crippen LogP contribution >= 0.6 is 0 Å². The summed E-state index contributed by atoms with van der Waals surface area (Å²) >= 11 is 0. The van der Waals surface area contributed by atoms with Crippen LogP contribution in [0.1, 0.15) is 157 Å². The number of hydrogen-bond donors (Lipinski definition) is 0. The number of hydrogen-bond acceptors (Lipinski definition) is 21. The van der Waals surface area contributed by atoms with Crippen molar-refractivity contribution in [3.63, 3.8) is 0 Å². The van der Waals surface area contributed by atoms with Gasteiger partial charge in [0.25, 0.3) is 6.10 Å². The molecule has 0 amide bonds. The predicted molar refractivity (Wildman–Crippen MR) is 528 cm³/mol. The first-order chi connectivity index (χ1) is 69.1. The topological polar surface area (TPSA) is 345 Å². The van der Waals surface area contributed by atoms with Gasteiger partial charge in [-0.05, 0) is 220 Å². The van der Waals surface area contributed by atoms with Crippen molar-refractivity contribution in [3.05, 3.63) is 273 Å². The largest absolute Gasteiger partial charge is 0.748 e. The maximum atomic E-state index is 13.8. The second-order valence-electron chi connectivity index (χ2n) is 40.2. The molecule has 0 aromatic heterocycles. The van der Waals surface area contributed by atoms with E-state index >= 15 is 0 Å². The summed E-state index contributed by atoms with van der Waals surface area (Å²) in [5, 5.41) is -11.1. The number of benzene rings is 9. The monoisotopic (exact) mass is 2130 g/mol. The highest BCUT2D eigenvalue weighted by Gasteiger charge is 2.69. The van der Waals surface area contributed by atoms with Gasteiger partial charge in [-0.25, -0.2) is 29.6 Å². The molecule has 19 atom stereocenters. The van der Waals surface area contributed by atoms with Crippen molar-refractivity contribution < 1.29 is 131 Å². The molecule has 780 valence electrons. The Morgan fingerprint density at radius 1 is 0.479 bits per heavy atom. The van der Waals surface area contributed by atoms with Gasteiger partial charge in [0.15, 0.2) is 70.5 Å². The lowest BCUT2D eigenvalue weighted by molar-refractivity contribution is -0.259. The van der Waals surface area contributed by atoms with E-state index in [0.29, 0.717) is 70.6 Å². The highest BCUT2D eigenvalue weighted by atomic mass is 32.2. The number of fused-ring (bicyclic) bond motifs is 8. The summed E-state index contributed by atoms with van der Waals surface area (Å²) in [5.74, 6) is -7.28. The van der Waals surface area contributed by atoms with E-state index in [-0.39, 0.29) is 152 Å². The summed E-state index contributed by atoms with van der Waals surface area (Å²) in [6.07, 6.45) is -9.00. The van der Waals surface area contributed by atoms with Crippen LogP contribution in [0.15, 0.2) is 317 Å². The molecule has 4 bridgehead atoms. The molecule has 10 fully saturated rings. The van der Waals surface area contributed by atoms with Gasteiger partial charge in [0.2, 0.25) is 0 Å². The highest BCUT2D eigenvalue weighted by molar-refractivity contribution is 7.97. The van der Waals surface area contributed by atoms with Crippen molar-refractivity contribution in [2.45, 2.75) is 242 Å². The fourth-order valence-electron chi connectivity index (χ4n) is 23.9. The van der Waals surface area contributed by atoms with Crippen molar-refractivity contribution in [1.82, 2.24) is 0 Å². The van der Waals surface area contributed by atoms with E-state index in [4.69, 9.17) is 14.2 Å². The molecule has 1 aliphatic heterocycles. The Balaban J connectivity index is 0.000000144. The Morgan fingerprint density at radius 2 is 0.890 bits per heavy atom. The van der Waals surface area contributed by atoms with Crippen LogP contribution in [0.2, 0.25) is 0 Å². The van der Waals surface area contributed by atoms with Crippen molar-refractivity contribution in [1.29, 1.82) is 0 Å². The third-order valence-electron chi connectivity index (χ3n) is 31.6. The first-order valence-electron chi connectivity index (χ1n) is 49.0. The van der Waals surface area contributed by atoms with Crippen LogP contribution < -0.4 is 0 Å².